The van der Waals surface area contributed by atoms with Gasteiger partial charge in [0.2, 0.25) is 0 Å². The number of carbonyl (C=O) groups excluding carboxylic acids is 1. The predicted molar refractivity (Wildman–Crippen MR) is 259 cm³/mol. The Hall–Kier alpha value is -4.68. The lowest BCUT2D eigenvalue weighted by Crippen LogP contribution is -2.63. The number of rotatable bonds is 12. The average Bonchev–Trinajstić information content (AvgIpc) is 3.99. The minimum Gasteiger partial charge on any atom is -0.490 e. The third-order valence-corrected chi connectivity index (χ3v) is 21.2. The van der Waals surface area contributed by atoms with Crippen molar-refractivity contribution < 1.29 is 37.6 Å². The van der Waals surface area contributed by atoms with E-state index in [9.17, 15) is 4.79 Å². The number of carbonyl (C=O) groups is 1. The molecule has 0 spiro atoms. The largest absolute Gasteiger partial charge is 0.490 e. The van der Waals surface area contributed by atoms with Gasteiger partial charge in [-0.1, -0.05) is 59.6 Å². The van der Waals surface area contributed by atoms with Crippen molar-refractivity contribution in [1.29, 1.82) is 0 Å². The van der Waals surface area contributed by atoms with Crippen LogP contribution in [-0.2, 0) is 14.2 Å². The van der Waals surface area contributed by atoms with Gasteiger partial charge in [0.05, 0.1) is 43.3 Å². The van der Waals surface area contributed by atoms with Gasteiger partial charge < -0.3 is 33.3 Å². The molecule has 5 heterocycles. The van der Waals surface area contributed by atoms with E-state index >= 15 is 4.39 Å². The first-order valence-corrected chi connectivity index (χ1v) is 26.4. The van der Waals surface area contributed by atoms with Gasteiger partial charge in [0.1, 0.15) is 43.1 Å². The Morgan fingerprint density at radius 1 is 0.955 bits per heavy atom. The number of nitrogens with zero attached hydrogens (tertiary/aromatic N) is 5. The second-order valence-electron chi connectivity index (χ2n) is 21.3. The minimum atomic E-state index is -2.14. The van der Waals surface area contributed by atoms with Gasteiger partial charge in [-0.3, -0.25) is 9.80 Å². The lowest BCUT2D eigenvalue weighted by atomic mass is 9.93. The van der Waals surface area contributed by atoms with Gasteiger partial charge in [-0.15, -0.1) is 5.54 Å². The van der Waals surface area contributed by atoms with E-state index in [0.29, 0.717) is 63.6 Å². The number of morpholine rings is 1. The van der Waals surface area contributed by atoms with Crippen molar-refractivity contribution in [3.05, 3.63) is 47.8 Å². The lowest BCUT2D eigenvalue weighted by Gasteiger charge is -2.46. The van der Waals surface area contributed by atoms with Crippen LogP contribution in [0.1, 0.15) is 93.6 Å². The molecule has 1 amide bonds. The van der Waals surface area contributed by atoms with E-state index in [4.69, 9.17) is 38.4 Å². The Bertz CT molecular complexity index is 2520. The molecule has 3 saturated heterocycles. The topological polar surface area (TPSA) is 108 Å². The summed E-state index contributed by atoms with van der Waals surface area (Å²) in [6.07, 6.45) is 3.34. The van der Waals surface area contributed by atoms with Gasteiger partial charge in [-0.2, -0.15) is 9.97 Å². The number of benzene rings is 3. The number of ether oxygens (including phenoxy) is 6. The van der Waals surface area contributed by atoms with E-state index in [1.807, 2.05) is 56.0 Å². The zero-order valence-corrected chi connectivity index (χ0v) is 41.6. The molecule has 5 aliphatic rings. The molecule has 1 aliphatic carbocycles. The maximum atomic E-state index is 18.2. The number of hydrogen-bond acceptors (Lipinski definition) is 11. The first-order chi connectivity index (χ1) is 31.5. The molecular formula is C52H68FN5O7Si. The number of fused-ring (bicyclic) bond motifs is 6. The summed E-state index contributed by atoms with van der Waals surface area (Å²) in [6.45, 7) is 24.8. The van der Waals surface area contributed by atoms with Crippen LogP contribution in [0.2, 0.25) is 16.6 Å². The van der Waals surface area contributed by atoms with Crippen LogP contribution < -0.4 is 19.1 Å². The van der Waals surface area contributed by atoms with Crippen molar-refractivity contribution in [3.8, 4) is 40.1 Å². The Morgan fingerprint density at radius 3 is 2.38 bits per heavy atom. The SMILES string of the molecule is COCOc1cc(-c2cc3c4c(nc(OCC5(CN6CCOCC6)CC5)nc4c2F)N2C[C@H]4CC[C@@H]([C@H]2CO3)N4C(=O)OC(C)(C)C)c2c(C#C[Si](C(C)C)(C(C)C)C(C)C)cccc2c1. The molecule has 66 heavy (non-hydrogen) atoms. The molecule has 1 saturated carbocycles. The van der Waals surface area contributed by atoms with Crippen molar-refractivity contribution in [2.24, 2.45) is 5.41 Å². The molecule has 12 nitrogen and oxygen atoms in total. The molecule has 0 radical (unpaired) electrons. The number of piperazine rings is 1. The van der Waals surface area contributed by atoms with Crippen LogP contribution in [0, 0.1) is 22.7 Å². The third kappa shape index (κ3) is 8.70. The van der Waals surface area contributed by atoms with Crippen LogP contribution in [0.3, 0.4) is 0 Å². The monoisotopic (exact) mass is 921 g/mol. The zero-order chi connectivity index (χ0) is 46.7. The minimum absolute atomic E-state index is 0.0221. The third-order valence-electron chi connectivity index (χ3n) is 14.9. The Labute approximate surface area is 390 Å². The predicted octanol–water partition coefficient (Wildman–Crippen LogP) is 9.98. The summed E-state index contributed by atoms with van der Waals surface area (Å²) in [5.41, 5.74) is 6.41. The molecule has 3 aromatic carbocycles. The fraction of sp³-hybridized carbons (Fsp3) is 0.596. The molecule has 0 unspecified atom stereocenters. The van der Waals surface area contributed by atoms with Crippen LogP contribution in [0.4, 0.5) is 15.0 Å². The molecule has 1 aromatic heterocycles. The van der Waals surface area contributed by atoms with Crippen molar-refractivity contribution in [2.45, 2.75) is 128 Å². The summed E-state index contributed by atoms with van der Waals surface area (Å²) in [6, 6.07) is 11.2. The highest BCUT2D eigenvalue weighted by Crippen LogP contribution is 2.50. The molecule has 3 atom stereocenters. The summed E-state index contributed by atoms with van der Waals surface area (Å²) in [5, 5.41) is 2.17. The molecule has 9 rings (SSSR count). The Morgan fingerprint density at radius 2 is 1.70 bits per heavy atom. The maximum Gasteiger partial charge on any atom is 0.410 e. The van der Waals surface area contributed by atoms with Crippen LogP contribution in [0.25, 0.3) is 32.8 Å². The van der Waals surface area contributed by atoms with E-state index in [2.05, 4.69) is 62.8 Å². The molecule has 14 heteroatoms. The summed E-state index contributed by atoms with van der Waals surface area (Å²) in [7, 11) is -0.565. The molecule has 4 aromatic rings. The molecule has 2 bridgehead atoms. The lowest BCUT2D eigenvalue weighted by molar-refractivity contribution is 0.00544. The van der Waals surface area contributed by atoms with E-state index in [-0.39, 0.29) is 54.6 Å². The average molecular weight is 922 g/mol. The van der Waals surface area contributed by atoms with Crippen LogP contribution in [-0.4, -0.2) is 124 Å². The highest BCUT2D eigenvalue weighted by molar-refractivity contribution is 6.90. The van der Waals surface area contributed by atoms with Crippen LogP contribution >= 0.6 is 0 Å². The summed E-state index contributed by atoms with van der Waals surface area (Å²) < 4.78 is 54.7. The van der Waals surface area contributed by atoms with Crippen molar-refractivity contribution in [1.82, 2.24) is 19.8 Å². The summed E-state index contributed by atoms with van der Waals surface area (Å²) >= 11 is 0. The van der Waals surface area contributed by atoms with Gasteiger partial charge in [0.25, 0.3) is 0 Å². The molecule has 4 fully saturated rings. The number of methoxy groups -OCH3 is 1. The molecular weight excluding hydrogens is 854 g/mol. The first kappa shape index (κ1) is 46.4. The van der Waals surface area contributed by atoms with Gasteiger partial charge in [0.15, 0.2) is 12.6 Å². The quantitative estimate of drug-likeness (QED) is 0.0770. The summed E-state index contributed by atoms with van der Waals surface area (Å²) in [5.74, 6) is 4.74. The normalized spacial score (nSPS) is 21.5. The smallest absolute Gasteiger partial charge is 0.410 e. The number of anilines is 1. The van der Waals surface area contributed by atoms with Gasteiger partial charge in [0, 0.05) is 55.2 Å². The van der Waals surface area contributed by atoms with E-state index < -0.39 is 19.5 Å². The molecule has 0 N–H and O–H groups in total. The van der Waals surface area contributed by atoms with Gasteiger partial charge in [-0.05, 0) is 98.3 Å². The van der Waals surface area contributed by atoms with Gasteiger partial charge in [-0.25, -0.2) is 9.18 Å². The highest BCUT2D eigenvalue weighted by Gasteiger charge is 2.52. The molecule has 354 valence electrons. The molecule has 4 aliphatic heterocycles. The fourth-order valence-electron chi connectivity index (χ4n) is 11.6. The van der Waals surface area contributed by atoms with Crippen molar-refractivity contribution >= 4 is 41.7 Å². The zero-order valence-electron chi connectivity index (χ0n) is 40.6. The summed E-state index contributed by atoms with van der Waals surface area (Å²) in [4.78, 5) is 30.5. The van der Waals surface area contributed by atoms with Gasteiger partial charge >= 0.3 is 12.1 Å². The number of amides is 1. The van der Waals surface area contributed by atoms with Crippen molar-refractivity contribution in [3.63, 3.8) is 0 Å². The Balaban J connectivity index is 1.20. The van der Waals surface area contributed by atoms with E-state index in [0.717, 1.165) is 74.9 Å². The number of aromatic nitrogens is 2. The second kappa shape index (κ2) is 18.1. The second-order valence-corrected chi connectivity index (χ2v) is 26.8. The number of halogens is 1. The Kier molecular flexibility index (Phi) is 12.7. The number of hydrogen-bond donors (Lipinski definition) is 0. The maximum absolute atomic E-state index is 18.2. The highest BCUT2D eigenvalue weighted by atomic mass is 28.3. The van der Waals surface area contributed by atoms with E-state index in [1.165, 1.54) is 0 Å². The fourth-order valence-corrected chi connectivity index (χ4v) is 16.8. The van der Waals surface area contributed by atoms with Crippen molar-refractivity contribution in [2.75, 3.05) is 71.4 Å². The first-order valence-electron chi connectivity index (χ1n) is 24.1. The van der Waals surface area contributed by atoms with Crippen LogP contribution in [0.15, 0.2) is 36.4 Å². The van der Waals surface area contributed by atoms with Crippen LogP contribution in [0.5, 0.6) is 17.5 Å². The standard InChI is InChI=1S/C52H68FN5O7Si/c1-32(2)66(33(3)4,34(5)6)23-16-35-12-11-13-36-24-38(64-31-60-10)25-39(44(35)36)40-26-43-45-47(46(40)53)54-49(63-30-52(17-18-52)29-56-19-21-61-22-20-56)55-48(45)57-27-37-14-15-41(42(57)28-62-43)58(37)50(59)65-51(7,8)9/h11-13,24-26,32-34,37,41-42H,14-15,17-22,27-31H2,1-10H3/t37-,41+,42-/m1/s1. The van der Waals surface area contributed by atoms with E-state index in [1.54, 1.807) is 13.2 Å².